The fourth-order valence-electron chi connectivity index (χ4n) is 3.19. The van der Waals surface area contributed by atoms with Crippen LogP contribution in [0.15, 0.2) is 18.2 Å². The summed E-state index contributed by atoms with van der Waals surface area (Å²) in [4.78, 5) is 33.3. The highest BCUT2D eigenvalue weighted by atomic mass is 16.5. The Morgan fingerprint density at radius 2 is 1.93 bits per heavy atom. The number of aromatic nitrogens is 1. The van der Waals surface area contributed by atoms with Crippen molar-refractivity contribution in [1.82, 2.24) is 15.8 Å². The number of hydroxylamine groups is 1. The molecule has 0 fully saturated rings. The third kappa shape index (κ3) is 4.83. The monoisotopic (exact) mass is 377 g/mol. The molecule has 1 atom stereocenters. The van der Waals surface area contributed by atoms with Crippen molar-refractivity contribution in [2.24, 2.45) is 0 Å². The lowest BCUT2D eigenvalue weighted by atomic mass is 9.91. The minimum Gasteiger partial charge on any atom is -0.473 e. The first kappa shape index (κ1) is 20.4. The van der Waals surface area contributed by atoms with Crippen molar-refractivity contribution in [1.29, 1.82) is 0 Å². The van der Waals surface area contributed by atoms with Crippen LogP contribution in [0.3, 0.4) is 0 Å². The van der Waals surface area contributed by atoms with E-state index in [1.54, 1.807) is 11.5 Å². The quantitative estimate of drug-likeness (QED) is 0.270. The van der Waals surface area contributed by atoms with Crippen LogP contribution in [0.5, 0.6) is 0 Å². The van der Waals surface area contributed by atoms with Crippen LogP contribution in [0, 0.1) is 0 Å². The number of carboxylic acids is 2. The van der Waals surface area contributed by atoms with Gasteiger partial charge in [0.25, 0.3) is 5.91 Å². The zero-order valence-electron chi connectivity index (χ0n) is 14.9. The van der Waals surface area contributed by atoms with Gasteiger partial charge in [0.15, 0.2) is 0 Å². The number of rotatable bonds is 4. The van der Waals surface area contributed by atoms with E-state index in [4.69, 9.17) is 25.0 Å². The Morgan fingerprint density at radius 3 is 2.52 bits per heavy atom. The minimum absolute atomic E-state index is 0.371. The number of carboxylic acid groups (broad SMARTS) is 2. The fraction of sp³-hybridized carbons (Fsp3) is 0.389. The van der Waals surface area contributed by atoms with E-state index in [1.807, 2.05) is 12.1 Å². The molecule has 1 aliphatic carbocycles. The first-order valence-corrected chi connectivity index (χ1v) is 8.67. The molecule has 3 rings (SSSR count). The van der Waals surface area contributed by atoms with Gasteiger partial charge >= 0.3 is 11.9 Å². The van der Waals surface area contributed by atoms with Crippen LogP contribution in [0.25, 0.3) is 10.9 Å². The first-order chi connectivity index (χ1) is 12.9. The highest BCUT2D eigenvalue weighted by molar-refractivity contribution is 6.27. The lowest BCUT2D eigenvalue weighted by Gasteiger charge is -2.23. The molecule has 1 aromatic carbocycles. The zero-order valence-corrected chi connectivity index (χ0v) is 14.9. The summed E-state index contributed by atoms with van der Waals surface area (Å²) in [7, 11) is 0. The van der Waals surface area contributed by atoms with E-state index in [0.717, 1.165) is 43.1 Å². The second-order valence-corrected chi connectivity index (χ2v) is 6.23. The van der Waals surface area contributed by atoms with Crippen LogP contribution < -0.4 is 10.8 Å². The number of amides is 1. The maximum atomic E-state index is 11.6. The molecule has 1 heterocycles. The van der Waals surface area contributed by atoms with Crippen LogP contribution >= 0.6 is 0 Å². The Labute approximate surface area is 155 Å². The number of hydrogen-bond acceptors (Lipinski definition) is 5. The van der Waals surface area contributed by atoms with Gasteiger partial charge in [0.05, 0.1) is 0 Å². The number of carbonyl (C=O) groups is 3. The molecule has 1 aliphatic rings. The van der Waals surface area contributed by atoms with Crippen molar-refractivity contribution < 1.29 is 29.8 Å². The molecule has 6 N–H and O–H groups in total. The van der Waals surface area contributed by atoms with Gasteiger partial charge in [0, 0.05) is 28.2 Å². The molecule has 0 aliphatic heterocycles. The molecule has 0 radical (unpaired) electrons. The van der Waals surface area contributed by atoms with Gasteiger partial charge in [-0.15, -0.1) is 0 Å². The summed E-state index contributed by atoms with van der Waals surface area (Å²) in [6.07, 6.45) is 4.44. The van der Waals surface area contributed by atoms with Crippen molar-refractivity contribution in [3.05, 3.63) is 35.0 Å². The number of fused-ring (bicyclic) bond motifs is 3. The molecule has 0 saturated heterocycles. The second-order valence-electron chi connectivity index (χ2n) is 6.23. The SMILES string of the molecule is CCCNC1CCCc2c1[nH]c1ccc(C(=O)NO)cc21.O=C(O)C(=O)O. The molecule has 9 nitrogen and oxygen atoms in total. The van der Waals surface area contributed by atoms with E-state index in [9.17, 15) is 4.79 Å². The van der Waals surface area contributed by atoms with Gasteiger partial charge in [-0.2, -0.15) is 0 Å². The maximum absolute atomic E-state index is 11.6. The summed E-state index contributed by atoms with van der Waals surface area (Å²) >= 11 is 0. The summed E-state index contributed by atoms with van der Waals surface area (Å²) in [5, 5.41) is 28.2. The van der Waals surface area contributed by atoms with Gasteiger partial charge in [0.2, 0.25) is 0 Å². The van der Waals surface area contributed by atoms with Gasteiger partial charge in [-0.25, -0.2) is 15.1 Å². The summed E-state index contributed by atoms with van der Waals surface area (Å²) < 4.78 is 0. The largest absolute Gasteiger partial charge is 0.473 e. The average Bonchev–Trinajstić information content (AvgIpc) is 3.04. The third-order valence-electron chi connectivity index (χ3n) is 4.39. The summed E-state index contributed by atoms with van der Waals surface area (Å²) in [6, 6.07) is 5.87. The summed E-state index contributed by atoms with van der Waals surface area (Å²) in [6.45, 7) is 3.18. The van der Waals surface area contributed by atoms with Crippen molar-refractivity contribution in [3.63, 3.8) is 0 Å². The number of hydrogen-bond donors (Lipinski definition) is 6. The van der Waals surface area contributed by atoms with E-state index >= 15 is 0 Å². The average molecular weight is 377 g/mol. The van der Waals surface area contributed by atoms with Crippen LogP contribution in [0.1, 0.15) is 53.8 Å². The first-order valence-electron chi connectivity index (χ1n) is 8.67. The Hall–Kier alpha value is -2.91. The molecule has 146 valence electrons. The summed E-state index contributed by atoms with van der Waals surface area (Å²) in [5.41, 5.74) is 5.79. The Balaban J connectivity index is 0.000000380. The fourth-order valence-corrected chi connectivity index (χ4v) is 3.19. The van der Waals surface area contributed by atoms with Gasteiger partial charge < -0.3 is 20.5 Å². The third-order valence-corrected chi connectivity index (χ3v) is 4.39. The van der Waals surface area contributed by atoms with E-state index in [0.29, 0.717) is 11.6 Å². The van der Waals surface area contributed by atoms with Crippen molar-refractivity contribution >= 4 is 28.7 Å². The smallest absolute Gasteiger partial charge is 0.414 e. The molecule has 27 heavy (non-hydrogen) atoms. The highest BCUT2D eigenvalue weighted by Crippen LogP contribution is 2.35. The topological polar surface area (TPSA) is 152 Å². The number of carbonyl (C=O) groups excluding carboxylic acids is 1. The molecule has 1 aromatic heterocycles. The second kappa shape index (κ2) is 9.15. The van der Waals surface area contributed by atoms with Gasteiger partial charge in [0.1, 0.15) is 0 Å². The molecule has 1 amide bonds. The Morgan fingerprint density at radius 1 is 1.22 bits per heavy atom. The highest BCUT2D eigenvalue weighted by Gasteiger charge is 2.24. The van der Waals surface area contributed by atoms with Crippen molar-refractivity contribution in [2.75, 3.05) is 6.54 Å². The van der Waals surface area contributed by atoms with Gasteiger partial charge in [-0.1, -0.05) is 6.92 Å². The number of aryl methyl sites for hydroxylation is 1. The Kier molecular flexibility index (Phi) is 6.91. The van der Waals surface area contributed by atoms with Crippen molar-refractivity contribution in [2.45, 2.75) is 38.6 Å². The van der Waals surface area contributed by atoms with E-state index in [1.165, 1.54) is 11.3 Å². The molecule has 0 saturated carbocycles. The predicted octanol–water partition coefficient (Wildman–Crippen LogP) is 1.82. The molecule has 9 heteroatoms. The van der Waals surface area contributed by atoms with Crippen LogP contribution in [-0.4, -0.2) is 44.8 Å². The molecule has 0 spiro atoms. The number of H-pyrrole nitrogens is 1. The number of nitrogens with one attached hydrogen (secondary N) is 3. The molecular weight excluding hydrogens is 354 g/mol. The minimum atomic E-state index is -1.82. The maximum Gasteiger partial charge on any atom is 0.414 e. The van der Waals surface area contributed by atoms with Crippen LogP contribution in [0.4, 0.5) is 0 Å². The Bertz CT molecular complexity index is 833. The van der Waals surface area contributed by atoms with E-state index in [2.05, 4.69) is 17.2 Å². The molecular formula is C18H23N3O6. The lowest BCUT2D eigenvalue weighted by Crippen LogP contribution is -2.25. The number of aromatic amines is 1. The van der Waals surface area contributed by atoms with E-state index < -0.39 is 17.8 Å². The zero-order chi connectivity index (χ0) is 20.0. The van der Waals surface area contributed by atoms with Gasteiger partial charge in [-0.05, 0) is 56.0 Å². The molecule has 2 aromatic rings. The van der Waals surface area contributed by atoms with Crippen LogP contribution in [0.2, 0.25) is 0 Å². The van der Waals surface area contributed by atoms with E-state index in [-0.39, 0.29) is 0 Å². The number of aliphatic carboxylic acids is 2. The molecule has 1 unspecified atom stereocenters. The van der Waals surface area contributed by atoms with Crippen LogP contribution in [-0.2, 0) is 16.0 Å². The lowest BCUT2D eigenvalue weighted by molar-refractivity contribution is -0.159. The number of benzene rings is 1. The normalized spacial score (nSPS) is 15.4. The molecule has 0 bridgehead atoms. The standard InChI is InChI=1S/C16H21N3O2.C2H2O4/c1-2-8-17-14-5-3-4-11-12-9-10(16(20)19-21)6-7-13(12)18-15(11)14;3-1(4)2(5)6/h6-7,9,14,17-18,21H,2-5,8H2,1H3,(H,19,20);(H,3,4)(H,5,6). The van der Waals surface area contributed by atoms with Crippen molar-refractivity contribution in [3.8, 4) is 0 Å². The predicted molar refractivity (Wildman–Crippen MR) is 96.8 cm³/mol. The van der Waals surface area contributed by atoms with Gasteiger partial charge in [-0.3, -0.25) is 10.0 Å². The summed E-state index contributed by atoms with van der Waals surface area (Å²) in [5.74, 6) is -4.12.